The first-order valence-corrected chi connectivity index (χ1v) is 6.46. The van der Waals surface area contributed by atoms with Crippen molar-refractivity contribution in [1.82, 2.24) is 5.32 Å². The molecule has 0 bridgehead atoms. The molecule has 1 rings (SSSR count). The molecule has 0 aromatic heterocycles. The predicted octanol–water partition coefficient (Wildman–Crippen LogP) is 4.10. The number of hydrogen-bond donors (Lipinski definition) is 1. The van der Waals surface area contributed by atoms with E-state index in [1.807, 2.05) is 0 Å². The Balaban J connectivity index is 2.42. The first-order valence-electron chi connectivity index (χ1n) is 4.88. The van der Waals surface area contributed by atoms with E-state index in [9.17, 15) is 0 Å². The fourth-order valence-corrected chi connectivity index (χ4v) is 2.64. The summed E-state index contributed by atoms with van der Waals surface area (Å²) in [6, 6.07) is 6.34. The fourth-order valence-electron chi connectivity index (χ4n) is 1.25. The Kier molecular flexibility index (Phi) is 5.75. The summed E-state index contributed by atoms with van der Waals surface area (Å²) in [5.74, 6) is 0. The Labute approximate surface area is 103 Å². The number of rotatable bonds is 5. The van der Waals surface area contributed by atoms with E-state index in [-0.39, 0.29) is 0 Å². The summed E-state index contributed by atoms with van der Waals surface area (Å²) in [5.41, 5.74) is 1.31. The van der Waals surface area contributed by atoms with E-state index in [1.54, 1.807) is 0 Å². The topological polar surface area (TPSA) is 12.0 Å². The summed E-state index contributed by atoms with van der Waals surface area (Å²) >= 11 is 6.96. The van der Waals surface area contributed by atoms with Gasteiger partial charge in [0.1, 0.15) is 0 Å². The largest absolute Gasteiger partial charge is 0.313 e. The summed E-state index contributed by atoms with van der Waals surface area (Å²) < 4.78 is 2.25. The Morgan fingerprint density at radius 3 is 2.36 bits per heavy atom. The molecule has 0 radical (unpaired) electrons. The smallest absolute Gasteiger partial charge is 0.0206 e. The molecule has 0 saturated carbocycles. The van der Waals surface area contributed by atoms with Crippen molar-refractivity contribution < 1.29 is 0 Å². The maximum absolute atomic E-state index is 3.48. The van der Waals surface area contributed by atoms with Gasteiger partial charge >= 0.3 is 0 Å². The second-order valence-electron chi connectivity index (χ2n) is 3.31. The van der Waals surface area contributed by atoms with Crippen LogP contribution >= 0.6 is 31.9 Å². The van der Waals surface area contributed by atoms with E-state index >= 15 is 0 Å². The Morgan fingerprint density at radius 1 is 1.14 bits per heavy atom. The van der Waals surface area contributed by atoms with Crippen molar-refractivity contribution in [2.24, 2.45) is 0 Å². The molecule has 0 aliphatic heterocycles. The molecule has 0 aliphatic carbocycles. The summed E-state index contributed by atoms with van der Waals surface area (Å²) in [6.07, 6.45) is 2.49. The molecule has 0 fully saturated rings. The van der Waals surface area contributed by atoms with Crippen LogP contribution < -0.4 is 5.32 Å². The lowest BCUT2D eigenvalue weighted by Gasteiger charge is -2.05. The maximum Gasteiger partial charge on any atom is 0.0206 e. The van der Waals surface area contributed by atoms with Gasteiger partial charge in [0.15, 0.2) is 0 Å². The molecule has 14 heavy (non-hydrogen) atoms. The average Bonchev–Trinajstić information content (AvgIpc) is 2.11. The second kappa shape index (κ2) is 6.59. The summed E-state index contributed by atoms with van der Waals surface area (Å²) in [6.45, 7) is 4.25. The van der Waals surface area contributed by atoms with Gasteiger partial charge in [-0.05, 0) is 36.7 Å². The van der Waals surface area contributed by atoms with Gasteiger partial charge < -0.3 is 5.32 Å². The zero-order valence-corrected chi connectivity index (χ0v) is 11.5. The minimum Gasteiger partial charge on any atom is -0.313 e. The normalized spacial score (nSPS) is 10.5. The molecule has 1 aromatic carbocycles. The predicted molar refractivity (Wildman–Crippen MR) is 68.5 cm³/mol. The number of nitrogens with one attached hydrogen (secondary N) is 1. The van der Waals surface area contributed by atoms with E-state index in [1.165, 1.54) is 18.4 Å². The summed E-state index contributed by atoms with van der Waals surface area (Å²) in [5, 5.41) is 3.42. The van der Waals surface area contributed by atoms with Crippen molar-refractivity contribution >= 4 is 31.9 Å². The molecule has 1 N–H and O–H groups in total. The van der Waals surface area contributed by atoms with E-state index in [0.29, 0.717) is 0 Å². The van der Waals surface area contributed by atoms with Crippen molar-refractivity contribution in [2.45, 2.75) is 26.3 Å². The lowest BCUT2D eigenvalue weighted by atomic mass is 10.2. The van der Waals surface area contributed by atoms with Crippen LogP contribution in [0.1, 0.15) is 25.3 Å². The fraction of sp³-hybridized carbons (Fsp3) is 0.455. The highest BCUT2D eigenvalue weighted by Gasteiger charge is 1.96. The highest BCUT2D eigenvalue weighted by Crippen LogP contribution is 2.19. The monoisotopic (exact) mass is 319 g/mol. The molecule has 0 unspecified atom stereocenters. The maximum atomic E-state index is 3.48. The molecular weight excluding hydrogens is 306 g/mol. The van der Waals surface area contributed by atoms with Gasteiger partial charge in [0.2, 0.25) is 0 Å². The van der Waals surface area contributed by atoms with Gasteiger partial charge in [0.25, 0.3) is 0 Å². The van der Waals surface area contributed by atoms with Crippen LogP contribution in [-0.2, 0) is 6.54 Å². The number of benzene rings is 1. The number of hydrogen-bond acceptors (Lipinski definition) is 1. The zero-order chi connectivity index (χ0) is 10.4. The van der Waals surface area contributed by atoms with Crippen LogP contribution in [0.2, 0.25) is 0 Å². The van der Waals surface area contributed by atoms with Gasteiger partial charge in [-0.3, -0.25) is 0 Å². The van der Waals surface area contributed by atoms with Crippen LogP contribution in [0.4, 0.5) is 0 Å². The summed E-state index contributed by atoms with van der Waals surface area (Å²) in [7, 11) is 0. The Morgan fingerprint density at radius 2 is 1.79 bits per heavy atom. The Bertz CT molecular complexity index is 266. The quantitative estimate of drug-likeness (QED) is 0.805. The highest BCUT2D eigenvalue weighted by molar-refractivity contribution is 9.11. The minimum absolute atomic E-state index is 0.942. The van der Waals surface area contributed by atoms with Crippen molar-refractivity contribution in [3.05, 3.63) is 32.7 Å². The van der Waals surface area contributed by atoms with Crippen LogP contribution in [0.5, 0.6) is 0 Å². The third kappa shape index (κ3) is 4.58. The van der Waals surface area contributed by atoms with E-state index in [2.05, 4.69) is 62.3 Å². The van der Waals surface area contributed by atoms with Gasteiger partial charge in [0.05, 0.1) is 0 Å². The van der Waals surface area contributed by atoms with Gasteiger partial charge in [-0.15, -0.1) is 0 Å². The molecule has 0 aliphatic rings. The van der Waals surface area contributed by atoms with E-state index in [4.69, 9.17) is 0 Å². The van der Waals surface area contributed by atoms with E-state index in [0.717, 1.165) is 22.0 Å². The third-order valence-corrected chi connectivity index (χ3v) is 2.87. The van der Waals surface area contributed by atoms with Crippen molar-refractivity contribution in [1.29, 1.82) is 0 Å². The molecule has 0 saturated heterocycles. The van der Waals surface area contributed by atoms with Crippen LogP contribution in [0.3, 0.4) is 0 Å². The SMILES string of the molecule is CCCCNCc1cc(Br)cc(Br)c1. The lowest BCUT2D eigenvalue weighted by Crippen LogP contribution is -2.14. The third-order valence-electron chi connectivity index (χ3n) is 1.96. The lowest BCUT2D eigenvalue weighted by molar-refractivity contribution is 0.641. The molecule has 0 spiro atoms. The zero-order valence-electron chi connectivity index (χ0n) is 8.32. The molecule has 78 valence electrons. The van der Waals surface area contributed by atoms with Crippen molar-refractivity contribution in [2.75, 3.05) is 6.54 Å². The standard InChI is InChI=1S/C11H15Br2N/c1-2-3-4-14-8-9-5-10(12)7-11(13)6-9/h5-7,14H,2-4,8H2,1H3. The molecule has 0 heterocycles. The number of unbranched alkanes of at least 4 members (excludes halogenated alkanes) is 1. The van der Waals surface area contributed by atoms with Crippen LogP contribution in [0.15, 0.2) is 27.1 Å². The van der Waals surface area contributed by atoms with Crippen LogP contribution in [0, 0.1) is 0 Å². The first kappa shape index (κ1) is 12.2. The van der Waals surface area contributed by atoms with Gasteiger partial charge in [-0.25, -0.2) is 0 Å². The Hall–Kier alpha value is 0.140. The minimum atomic E-state index is 0.942. The molecule has 0 atom stereocenters. The van der Waals surface area contributed by atoms with Crippen molar-refractivity contribution in [3.8, 4) is 0 Å². The average molecular weight is 321 g/mol. The first-order chi connectivity index (χ1) is 6.72. The molecule has 0 amide bonds. The van der Waals surface area contributed by atoms with Crippen molar-refractivity contribution in [3.63, 3.8) is 0 Å². The van der Waals surface area contributed by atoms with Gasteiger partial charge in [-0.2, -0.15) is 0 Å². The van der Waals surface area contributed by atoms with Crippen LogP contribution in [0.25, 0.3) is 0 Å². The van der Waals surface area contributed by atoms with E-state index < -0.39 is 0 Å². The molecule has 1 aromatic rings. The summed E-state index contributed by atoms with van der Waals surface area (Å²) in [4.78, 5) is 0. The molecule has 3 heteroatoms. The molecular formula is C11H15Br2N. The number of halogens is 2. The highest BCUT2D eigenvalue weighted by atomic mass is 79.9. The molecule has 1 nitrogen and oxygen atoms in total. The van der Waals surface area contributed by atoms with Gasteiger partial charge in [-0.1, -0.05) is 45.2 Å². The second-order valence-corrected chi connectivity index (χ2v) is 5.14. The van der Waals surface area contributed by atoms with Gasteiger partial charge in [0, 0.05) is 15.5 Å². The van der Waals surface area contributed by atoms with Crippen LogP contribution in [-0.4, -0.2) is 6.54 Å².